The van der Waals surface area contributed by atoms with Gasteiger partial charge in [0.2, 0.25) is 5.88 Å². The molecule has 1 aliphatic carbocycles. The standard InChI is InChI=1S/C11H18N4O/c1-2-16-11-7-13-6-10(15-11)14-9-5-3-4-8(9)12/h6-9H,2-5,12H2,1H3,(H,14,15). The van der Waals surface area contributed by atoms with Gasteiger partial charge in [-0.2, -0.15) is 4.98 Å². The van der Waals surface area contributed by atoms with Crippen molar-refractivity contribution >= 4 is 5.82 Å². The predicted molar refractivity (Wildman–Crippen MR) is 62.4 cm³/mol. The molecule has 0 amide bonds. The summed E-state index contributed by atoms with van der Waals surface area (Å²) in [6.45, 7) is 2.52. The lowest BCUT2D eigenvalue weighted by molar-refractivity contribution is 0.325. The zero-order valence-corrected chi connectivity index (χ0v) is 9.52. The molecule has 2 atom stereocenters. The first kappa shape index (κ1) is 11.1. The van der Waals surface area contributed by atoms with E-state index in [2.05, 4.69) is 15.3 Å². The summed E-state index contributed by atoms with van der Waals surface area (Å²) in [4.78, 5) is 8.39. The number of hydrogen-bond donors (Lipinski definition) is 2. The molecule has 1 aromatic heterocycles. The third-order valence-electron chi connectivity index (χ3n) is 2.81. The van der Waals surface area contributed by atoms with Gasteiger partial charge < -0.3 is 15.8 Å². The van der Waals surface area contributed by atoms with Crippen LogP contribution < -0.4 is 15.8 Å². The van der Waals surface area contributed by atoms with Gasteiger partial charge in [0.1, 0.15) is 5.82 Å². The molecule has 0 aromatic carbocycles. The normalized spacial score (nSPS) is 24.4. The molecule has 1 saturated carbocycles. The average Bonchev–Trinajstić information content (AvgIpc) is 2.66. The number of hydrogen-bond acceptors (Lipinski definition) is 5. The van der Waals surface area contributed by atoms with Crippen LogP contribution in [0.1, 0.15) is 26.2 Å². The van der Waals surface area contributed by atoms with E-state index in [-0.39, 0.29) is 6.04 Å². The van der Waals surface area contributed by atoms with Crippen molar-refractivity contribution in [1.82, 2.24) is 9.97 Å². The predicted octanol–water partition coefficient (Wildman–Crippen LogP) is 1.17. The van der Waals surface area contributed by atoms with Gasteiger partial charge in [-0.05, 0) is 26.2 Å². The molecule has 16 heavy (non-hydrogen) atoms. The lowest BCUT2D eigenvalue weighted by Gasteiger charge is -2.17. The zero-order chi connectivity index (χ0) is 11.4. The molecule has 0 saturated heterocycles. The van der Waals surface area contributed by atoms with Gasteiger partial charge in [0.25, 0.3) is 0 Å². The summed E-state index contributed by atoms with van der Waals surface area (Å²) in [7, 11) is 0. The Morgan fingerprint density at radius 1 is 1.50 bits per heavy atom. The van der Waals surface area contributed by atoms with Gasteiger partial charge in [0, 0.05) is 12.1 Å². The van der Waals surface area contributed by atoms with E-state index in [1.807, 2.05) is 6.92 Å². The van der Waals surface area contributed by atoms with E-state index in [0.29, 0.717) is 18.5 Å². The quantitative estimate of drug-likeness (QED) is 0.800. The summed E-state index contributed by atoms with van der Waals surface area (Å²) in [6, 6.07) is 0.531. The van der Waals surface area contributed by atoms with Crippen molar-refractivity contribution in [3.63, 3.8) is 0 Å². The first-order chi connectivity index (χ1) is 7.79. The maximum absolute atomic E-state index is 5.98. The molecule has 0 aliphatic heterocycles. The van der Waals surface area contributed by atoms with Crippen LogP contribution in [0.3, 0.4) is 0 Å². The summed E-state index contributed by atoms with van der Waals surface area (Å²) in [5.41, 5.74) is 5.98. The van der Waals surface area contributed by atoms with Crippen molar-refractivity contribution in [3.05, 3.63) is 12.4 Å². The Morgan fingerprint density at radius 2 is 2.38 bits per heavy atom. The highest BCUT2D eigenvalue weighted by Crippen LogP contribution is 2.21. The fourth-order valence-electron chi connectivity index (χ4n) is 1.99. The zero-order valence-electron chi connectivity index (χ0n) is 9.52. The SMILES string of the molecule is CCOc1cncc(NC2CCCC2N)n1. The first-order valence-electron chi connectivity index (χ1n) is 5.76. The van der Waals surface area contributed by atoms with E-state index in [9.17, 15) is 0 Å². The molecule has 1 heterocycles. The Labute approximate surface area is 95.4 Å². The second-order valence-electron chi connectivity index (χ2n) is 4.02. The Hall–Kier alpha value is -1.36. The fraction of sp³-hybridized carbons (Fsp3) is 0.636. The topological polar surface area (TPSA) is 73.1 Å². The molecule has 2 rings (SSSR count). The lowest BCUT2D eigenvalue weighted by atomic mass is 10.2. The van der Waals surface area contributed by atoms with E-state index in [4.69, 9.17) is 10.5 Å². The van der Waals surface area contributed by atoms with Crippen LogP contribution in [-0.2, 0) is 0 Å². The molecule has 88 valence electrons. The van der Waals surface area contributed by atoms with Crippen LogP contribution in [0.4, 0.5) is 5.82 Å². The minimum atomic E-state index is 0.220. The van der Waals surface area contributed by atoms with Crippen LogP contribution in [0.15, 0.2) is 12.4 Å². The largest absolute Gasteiger partial charge is 0.477 e. The van der Waals surface area contributed by atoms with Crippen molar-refractivity contribution in [2.75, 3.05) is 11.9 Å². The molecule has 2 unspecified atom stereocenters. The number of nitrogens with one attached hydrogen (secondary N) is 1. The summed E-state index contributed by atoms with van der Waals surface area (Å²) < 4.78 is 5.29. The maximum Gasteiger partial charge on any atom is 0.234 e. The molecule has 3 N–H and O–H groups in total. The molecule has 0 bridgehead atoms. The number of nitrogens with two attached hydrogens (primary N) is 1. The van der Waals surface area contributed by atoms with Crippen molar-refractivity contribution in [2.45, 2.75) is 38.3 Å². The van der Waals surface area contributed by atoms with Crippen molar-refractivity contribution in [2.24, 2.45) is 5.73 Å². The van der Waals surface area contributed by atoms with Crippen molar-refractivity contribution < 1.29 is 4.74 Å². The van der Waals surface area contributed by atoms with E-state index >= 15 is 0 Å². The van der Waals surface area contributed by atoms with E-state index in [0.717, 1.165) is 18.7 Å². The second-order valence-corrected chi connectivity index (χ2v) is 4.02. The molecule has 5 nitrogen and oxygen atoms in total. The number of anilines is 1. The third kappa shape index (κ3) is 2.61. The monoisotopic (exact) mass is 222 g/mol. The highest BCUT2D eigenvalue weighted by molar-refractivity contribution is 5.35. The van der Waals surface area contributed by atoms with Gasteiger partial charge >= 0.3 is 0 Å². The Balaban J connectivity index is 2.00. The van der Waals surface area contributed by atoms with Gasteiger partial charge in [-0.1, -0.05) is 0 Å². The van der Waals surface area contributed by atoms with Gasteiger partial charge in [0.15, 0.2) is 0 Å². The van der Waals surface area contributed by atoms with Crippen LogP contribution in [0, 0.1) is 0 Å². The van der Waals surface area contributed by atoms with Crippen molar-refractivity contribution in [3.8, 4) is 5.88 Å². The van der Waals surface area contributed by atoms with Crippen LogP contribution in [0.2, 0.25) is 0 Å². The smallest absolute Gasteiger partial charge is 0.234 e. The number of nitrogens with zero attached hydrogens (tertiary/aromatic N) is 2. The number of aromatic nitrogens is 2. The van der Waals surface area contributed by atoms with Crippen LogP contribution >= 0.6 is 0 Å². The minimum absolute atomic E-state index is 0.220. The summed E-state index contributed by atoms with van der Waals surface area (Å²) >= 11 is 0. The van der Waals surface area contributed by atoms with Gasteiger partial charge in [0.05, 0.1) is 19.0 Å². The third-order valence-corrected chi connectivity index (χ3v) is 2.81. The Morgan fingerprint density at radius 3 is 3.06 bits per heavy atom. The number of rotatable bonds is 4. The second kappa shape index (κ2) is 5.12. The minimum Gasteiger partial charge on any atom is -0.477 e. The van der Waals surface area contributed by atoms with Gasteiger partial charge in [-0.25, -0.2) is 0 Å². The average molecular weight is 222 g/mol. The van der Waals surface area contributed by atoms with Crippen LogP contribution in [0.5, 0.6) is 5.88 Å². The first-order valence-corrected chi connectivity index (χ1v) is 5.76. The molecule has 1 fully saturated rings. The van der Waals surface area contributed by atoms with E-state index < -0.39 is 0 Å². The summed E-state index contributed by atoms with van der Waals surface area (Å²) in [5.74, 6) is 1.30. The Bertz CT molecular complexity index is 345. The van der Waals surface area contributed by atoms with Gasteiger partial charge in [-0.3, -0.25) is 4.98 Å². The molecule has 5 heteroatoms. The highest BCUT2D eigenvalue weighted by Gasteiger charge is 2.23. The molecule has 0 spiro atoms. The number of ether oxygens (including phenoxy) is 1. The van der Waals surface area contributed by atoms with E-state index in [1.54, 1.807) is 12.4 Å². The van der Waals surface area contributed by atoms with Crippen LogP contribution in [0.25, 0.3) is 0 Å². The van der Waals surface area contributed by atoms with Crippen LogP contribution in [-0.4, -0.2) is 28.7 Å². The summed E-state index contributed by atoms with van der Waals surface area (Å²) in [5, 5.41) is 3.31. The highest BCUT2D eigenvalue weighted by atomic mass is 16.5. The fourth-order valence-corrected chi connectivity index (χ4v) is 1.99. The summed E-state index contributed by atoms with van der Waals surface area (Å²) in [6.07, 6.45) is 6.67. The molecule has 1 aliphatic rings. The molecular weight excluding hydrogens is 204 g/mol. The lowest BCUT2D eigenvalue weighted by Crippen LogP contribution is -2.35. The van der Waals surface area contributed by atoms with Gasteiger partial charge in [-0.15, -0.1) is 0 Å². The maximum atomic E-state index is 5.98. The molecular formula is C11H18N4O. The molecule has 0 radical (unpaired) electrons. The van der Waals surface area contributed by atoms with E-state index in [1.165, 1.54) is 6.42 Å². The van der Waals surface area contributed by atoms with Crippen molar-refractivity contribution in [1.29, 1.82) is 0 Å². The molecule has 1 aromatic rings. The Kier molecular flexibility index (Phi) is 3.56.